The van der Waals surface area contributed by atoms with Crippen LogP contribution in [0, 0.1) is 0 Å². The van der Waals surface area contributed by atoms with E-state index in [9.17, 15) is 8.42 Å². The maximum absolute atomic E-state index is 11.5. The molecule has 0 aromatic heterocycles. The Bertz CT molecular complexity index is 759. The molecule has 0 bridgehead atoms. The summed E-state index contributed by atoms with van der Waals surface area (Å²) in [6, 6.07) is 5.76. The summed E-state index contributed by atoms with van der Waals surface area (Å²) in [6.45, 7) is 6.60. The van der Waals surface area contributed by atoms with Crippen molar-refractivity contribution in [2.75, 3.05) is 62.8 Å². The quantitative estimate of drug-likeness (QED) is 0.343. The van der Waals surface area contributed by atoms with Crippen molar-refractivity contribution in [1.29, 1.82) is 0 Å². The van der Waals surface area contributed by atoms with Gasteiger partial charge >= 0.3 is 0 Å². The molecule has 28 heavy (non-hydrogen) atoms. The van der Waals surface area contributed by atoms with Gasteiger partial charge < -0.3 is 20.1 Å². The number of hydrogen-bond donors (Lipinski definition) is 2. The number of sulfone groups is 1. The van der Waals surface area contributed by atoms with Crippen LogP contribution in [0.1, 0.15) is 13.3 Å². The summed E-state index contributed by atoms with van der Waals surface area (Å²) in [5.41, 5.74) is 0.878. The number of ether oxygens (including phenoxy) is 2. The summed E-state index contributed by atoms with van der Waals surface area (Å²) in [6.07, 6.45) is 0.874. The molecule has 2 N–H and O–H groups in total. The maximum Gasteiger partial charge on any atom is 0.195 e. The molecule has 2 aliphatic heterocycles. The molecule has 1 aromatic rings. The smallest absolute Gasteiger partial charge is 0.195 e. The molecule has 0 radical (unpaired) electrons. The Morgan fingerprint density at radius 3 is 2.61 bits per heavy atom. The van der Waals surface area contributed by atoms with Crippen LogP contribution in [0.2, 0.25) is 0 Å². The van der Waals surface area contributed by atoms with Crippen LogP contribution in [0.15, 0.2) is 23.2 Å². The first-order valence-corrected chi connectivity index (χ1v) is 11.3. The number of hydrogen-bond acceptors (Lipinski definition) is 6. The molecule has 8 nitrogen and oxygen atoms in total. The van der Waals surface area contributed by atoms with Crippen molar-refractivity contribution in [3.05, 3.63) is 18.2 Å². The molecular weight excluding hydrogens is 495 g/mol. The van der Waals surface area contributed by atoms with Crippen molar-refractivity contribution >= 4 is 45.5 Å². The zero-order chi connectivity index (χ0) is 19.1. The van der Waals surface area contributed by atoms with E-state index in [0.717, 1.165) is 36.7 Å². The molecule has 1 saturated heterocycles. The molecule has 3 rings (SSSR count). The number of rotatable bonds is 5. The van der Waals surface area contributed by atoms with E-state index >= 15 is 0 Å². The highest BCUT2D eigenvalue weighted by Crippen LogP contribution is 2.32. The number of aliphatic imine (C=N–C) groups is 1. The van der Waals surface area contributed by atoms with Crippen LogP contribution in [0.3, 0.4) is 0 Å². The highest BCUT2D eigenvalue weighted by atomic mass is 127. The normalized spacial score (nSPS) is 19.2. The number of nitrogens with one attached hydrogen (secondary N) is 2. The van der Waals surface area contributed by atoms with Gasteiger partial charge in [-0.15, -0.1) is 24.0 Å². The van der Waals surface area contributed by atoms with Crippen LogP contribution >= 0.6 is 24.0 Å². The lowest BCUT2D eigenvalue weighted by Gasteiger charge is -2.25. The Balaban J connectivity index is 0.00000280. The Hall–Kier alpha value is -1.27. The van der Waals surface area contributed by atoms with Crippen molar-refractivity contribution in [2.45, 2.75) is 13.3 Å². The molecule has 2 aliphatic rings. The van der Waals surface area contributed by atoms with E-state index in [-0.39, 0.29) is 35.5 Å². The first-order chi connectivity index (χ1) is 13.1. The summed E-state index contributed by atoms with van der Waals surface area (Å²) in [4.78, 5) is 6.74. The monoisotopic (exact) mass is 524 g/mol. The summed E-state index contributed by atoms with van der Waals surface area (Å²) >= 11 is 0. The number of nitrogens with zero attached hydrogens (tertiary/aromatic N) is 2. The van der Waals surface area contributed by atoms with E-state index in [2.05, 4.69) is 20.5 Å². The van der Waals surface area contributed by atoms with Crippen LogP contribution in [-0.4, -0.2) is 76.7 Å². The lowest BCUT2D eigenvalue weighted by molar-refractivity contribution is 0.297. The molecule has 0 unspecified atom stereocenters. The van der Waals surface area contributed by atoms with Gasteiger partial charge in [0.05, 0.1) is 31.3 Å². The van der Waals surface area contributed by atoms with Gasteiger partial charge in [0.25, 0.3) is 0 Å². The fourth-order valence-electron chi connectivity index (χ4n) is 2.96. The van der Waals surface area contributed by atoms with E-state index in [1.165, 1.54) is 0 Å². The van der Waals surface area contributed by atoms with Crippen molar-refractivity contribution < 1.29 is 17.9 Å². The van der Waals surface area contributed by atoms with Crippen LogP contribution in [-0.2, 0) is 9.84 Å². The van der Waals surface area contributed by atoms with Gasteiger partial charge in [-0.1, -0.05) is 0 Å². The third kappa shape index (κ3) is 6.96. The van der Waals surface area contributed by atoms with E-state index in [1.54, 1.807) is 0 Å². The minimum Gasteiger partial charge on any atom is -0.490 e. The Labute approximate surface area is 184 Å². The topological polar surface area (TPSA) is 92.3 Å². The van der Waals surface area contributed by atoms with E-state index in [1.807, 2.05) is 25.1 Å². The highest BCUT2D eigenvalue weighted by molar-refractivity contribution is 14.0. The number of anilines is 1. The van der Waals surface area contributed by atoms with Crippen LogP contribution in [0.5, 0.6) is 11.5 Å². The molecule has 0 saturated carbocycles. The summed E-state index contributed by atoms with van der Waals surface area (Å²) in [5.74, 6) is 2.68. The standard InChI is InChI=1S/C18H28N4O4S.HI/c1-2-19-18(20-6-7-22-8-12-27(23,24)13-9-22)21-15-4-5-16-17(14-15)26-11-3-10-25-16;/h4-5,14H,2-3,6-13H2,1H3,(H2,19,20,21);1H. The fraction of sp³-hybridized carbons (Fsp3) is 0.611. The predicted octanol–water partition coefficient (Wildman–Crippen LogP) is 1.57. The minimum atomic E-state index is -2.84. The molecule has 0 atom stereocenters. The van der Waals surface area contributed by atoms with Gasteiger partial charge in [0.2, 0.25) is 0 Å². The molecule has 1 fully saturated rings. The number of halogens is 1. The number of guanidine groups is 1. The first-order valence-electron chi connectivity index (χ1n) is 9.43. The molecule has 0 aliphatic carbocycles. The van der Waals surface area contributed by atoms with Gasteiger partial charge in [0.1, 0.15) is 0 Å². The van der Waals surface area contributed by atoms with Gasteiger partial charge in [-0.3, -0.25) is 9.89 Å². The third-order valence-corrected chi connectivity index (χ3v) is 6.09. The average molecular weight is 524 g/mol. The van der Waals surface area contributed by atoms with E-state index in [0.29, 0.717) is 38.8 Å². The van der Waals surface area contributed by atoms with Gasteiger partial charge in [-0.2, -0.15) is 0 Å². The predicted molar refractivity (Wildman–Crippen MR) is 122 cm³/mol. The van der Waals surface area contributed by atoms with Crippen LogP contribution in [0.25, 0.3) is 0 Å². The first kappa shape index (κ1) is 23.0. The second kappa shape index (κ2) is 11.1. The largest absolute Gasteiger partial charge is 0.490 e. The van der Waals surface area contributed by atoms with Crippen molar-refractivity contribution in [1.82, 2.24) is 10.2 Å². The molecule has 1 aromatic carbocycles. The Kier molecular flexibility index (Phi) is 9.09. The molecule has 0 spiro atoms. The third-order valence-electron chi connectivity index (χ3n) is 4.48. The second-order valence-corrected chi connectivity index (χ2v) is 8.89. The second-order valence-electron chi connectivity index (χ2n) is 6.59. The van der Waals surface area contributed by atoms with Gasteiger partial charge in [-0.05, 0) is 19.1 Å². The summed E-state index contributed by atoms with van der Waals surface area (Å²) in [7, 11) is -2.84. The van der Waals surface area contributed by atoms with Gasteiger partial charge in [0, 0.05) is 44.4 Å². The molecule has 0 amide bonds. The number of benzene rings is 1. The lowest BCUT2D eigenvalue weighted by atomic mass is 10.3. The van der Waals surface area contributed by atoms with Crippen molar-refractivity contribution in [3.63, 3.8) is 0 Å². The minimum absolute atomic E-state index is 0. The van der Waals surface area contributed by atoms with Crippen molar-refractivity contribution in [3.8, 4) is 11.5 Å². The summed E-state index contributed by atoms with van der Waals surface area (Å²) in [5, 5.41) is 6.52. The number of fused-ring (bicyclic) bond motifs is 1. The van der Waals surface area contributed by atoms with Crippen LogP contribution in [0.4, 0.5) is 5.69 Å². The Morgan fingerprint density at radius 2 is 1.89 bits per heavy atom. The Morgan fingerprint density at radius 1 is 1.18 bits per heavy atom. The lowest BCUT2D eigenvalue weighted by Crippen LogP contribution is -2.41. The van der Waals surface area contributed by atoms with Gasteiger partial charge in [0.15, 0.2) is 27.3 Å². The molecule has 158 valence electrons. The molecule has 10 heteroatoms. The van der Waals surface area contributed by atoms with E-state index in [4.69, 9.17) is 9.47 Å². The average Bonchev–Trinajstić information content (AvgIpc) is 2.88. The van der Waals surface area contributed by atoms with E-state index < -0.39 is 9.84 Å². The molecule has 2 heterocycles. The zero-order valence-electron chi connectivity index (χ0n) is 16.1. The van der Waals surface area contributed by atoms with Gasteiger partial charge in [-0.25, -0.2) is 8.42 Å². The fourth-order valence-corrected chi connectivity index (χ4v) is 4.24. The maximum atomic E-state index is 11.5. The SMILES string of the molecule is CCNC(=NCCN1CCS(=O)(=O)CC1)Nc1ccc2c(c1)OCCCO2.I. The van der Waals surface area contributed by atoms with Crippen LogP contribution < -0.4 is 20.1 Å². The zero-order valence-corrected chi connectivity index (χ0v) is 19.3. The molecular formula is C18H29IN4O4S. The van der Waals surface area contributed by atoms with Crippen molar-refractivity contribution in [2.24, 2.45) is 4.99 Å². The summed E-state index contributed by atoms with van der Waals surface area (Å²) < 4.78 is 34.4. The highest BCUT2D eigenvalue weighted by Gasteiger charge is 2.20.